The van der Waals surface area contributed by atoms with Crippen LogP contribution in [0.25, 0.3) is 0 Å². The van der Waals surface area contributed by atoms with Crippen molar-refractivity contribution < 1.29 is 4.79 Å². The molecule has 0 aliphatic carbocycles. The zero-order valence-electron chi connectivity index (χ0n) is 10.5. The predicted molar refractivity (Wildman–Crippen MR) is 69.2 cm³/mol. The van der Waals surface area contributed by atoms with Crippen molar-refractivity contribution in [2.45, 2.75) is 26.7 Å². The monoisotopic (exact) mass is 244 g/mol. The van der Waals surface area contributed by atoms with Crippen LogP contribution in [0.5, 0.6) is 0 Å². The van der Waals surface area contributed by atoms with Gasteiger partial charge in [0.2, 0.25) is 11.9 Å². The number of carbonyl (C=O) groups is 1. The van der Waals surface area contributed by atoms with Crippen molar-refractivity contribution in [1.82, 2.24) is 15.2 Å². The average molecular weight is 244 g/mol. The highest BCUT2D eigenvalue weighted by atomic mass is 16.1. The van der Waals surface area contributed by atoms with Gasteiger partial charge in [-0.25, -0.2) is 0 Å². The Hall–Kier alpha value is -2.17. The van der Waals surface area contributed by atoms with Crippen molar-refractivity contribution >= 4 is 11.9 Å². The van der Waals surface area contributed by atoms with E-state index in [4.69, 9.17) is 0 Å². The molecule has 0 aliphatic rings. The van der Waals surface area contributed by atoms with Crippen molar-refractivity contribution in [3.8, 4) is 0 Å². The third-order valence-corrected chi connectivity index (χ3v) is 2.73. The van der Waals surface area contributed by atoms with E-state index in [0.717, 1.165) is 6.42 Å². The van der Waals surface area contributed by atoms with Gasteiger partial charge in [0.25, 0.3) is 0 Å². The van der Waals surface area contributed by atoms with Gasteiger partial charge in [-0.15, -0.1) is 5.10 Å². The quantitative estimate of drug-likeness (QED) is 0.864. The smallest absolute Gasteiger partial charge is 0.248 e. The molecule has 0 aliphatic heterocycles. The Kier molecular flexibility index (Phi) is 3.72. The number of amides is 1. The molecule has 1 aromatic heterocycles. The highest BCUT2D eigenvalue weighted by molar-refractivity contribution is 5.89. The fourth-order valence-electron chi connectivity index (χ4n) is 1.72. The Morgan fingerprint density at radius 3 is 2.78 bits per heavy atom. The minimum Gasteiger partial charge on any atom is -0.293 e. The van der Waals surface area contributed by atoms with Gasteiger partial charge in [0.1, 0.15) is 5.82 Å². The van der Waals surface area contributed by atoms with Crippen molar-refractivity contribution in [3.05, 3.63) is 41.2 Å². The largest absolute Gasteiger partial charge is 0.293 e. The molecule has 0 atom stereocenters. The Balaban J connectivity index is 1.87. The van der Waals surface area contributed by atoms with E-state index in [-0.39, 0.29) is 5.91 Å². The van der Waals surface area contributed by atoms with E-state index in [9.17, 15) is 4.79 Å². The van der Waals surface area contributed by atoms with Crippen molar-refractivity contribution in [3.63, 3.8) is 0 Å². The standard InChI is InChI=1S/C13H16N4O/c1-9-5-3-4-6-11(9)7-8-12(18)15-13-14-10(2)16-17-13/h3-6H,7-8H2,1-2H3,(H2,14,15,16,17,18). The topological polar surface area (TPSA) is 70.7 Å². The highest BCUT2D eigenvalue weighted by Gasteiger charge is 2.07. The van der Waals surface area contributed by atoms with Crippen molar-refractivity contribution in [2.24, 2.45) is 0 Å². The summed E-state index contributed by atoms with van der Waals surface area (Å²) in [6.07, 6.45) is 1.15. The van der Waals surface area contributed by atoms with Gasteiger partial charge in [-0.2, -0.15) is 4.98 Å². The number of anilines is 1. The number of nitrogens with one attached hydrogen (secondary N) is 2. The number of nitrogens with zero attached hydrogens (tertiary/aromatic N) is 2. The maximum Gasteiger partial charge on any atom is 0.248 e. The Morgan fingerprint density at radius 2 is 2.11 bits per heavy atom. The van der Waals surface area contributed by atoms with E-state index in [1.54, 1.807) is 6.92 Å². The molecule has 2 N–H and O–H groups in total. The first-order valence-electron chi connectivity index (χ1n) is 5.88. The molecular formula is C13H16N4O. The predicted octanol–water partition coefficient (Wildman–Crippen LogP) is 1.99. The van der Waals surface area contributed by atoms with Crippen LogP contribution in [0.15, 0.2) is 24.3 Å². The first-order valence-corrected chi connectivity index (χ1v) is 5.88. The number of hydrogen-bond donors (Lipinski definition) is 2. The first-order chi connectivity index (χ1) is 8.65. The van der Waals surface area contributed by atoms with Gasteiger partial charge in [-0.3, -0.25) is 15.2 Å². The minimum atomic E-state index is -0.0720. The summed E-state index contributed by atoms with van der Waals surface area (Å²) in [7, 11) is 0. The molecule has 0 spiro atoms. The average Bonchev–Trinajstić information content (AvgIpc) is 2.74. The van der Waals surface area contributed by atoms with Gasteiger partial charge in [-0.05, 0) is 31.4 Å². The van der Waals surface area contributed by atoms with Gasteiger partial charge in [0.05, 0.1) is 0 Å². The summed E-state index contributed by atoms with van der Waals surface area (Å²) in [4.78, 5) is 15.7. The fourth-order valence-corrected chi connectivity index (χ4v) is 1.72. The molecule has 1 amide bonds. The molecule has 0 saturated carbocycles. The number of carbonyl (C=O) groups excluding carboxylic acids is 1. The van der Waals surface area contributed by atoms with E-state index < -0.39 is 0 Å². The molecule has 2 rings (SSSR count). The third-order valence-electron chi connectivity index (χ3n) is 2.73. The molecule has 5 heteroatoms. The summed E-state index contributed by atoms with van der Waals surface area (Å²) in [6.45, 7) is 3.84. The number of H-pyrrole nitrogens is 1. The molecule has 18 heavy (non-hydrogen) atoms. The Bertz CT molecular complexity index is 547. The Labute approximate surface area is 106 Å². The van der Waals surface area contributed by atoms with Gasteiger partial charge < -0.3 is 0 Å². The SMILES string of the molecule is Cc1nc(NC(=O)CCc2ccccc2C)n[nH]1. The van der Waals surface area contributed by atoms with E-state index in [0.29, 0.717) is 18.2 Å². The van der Waals surface area contributed by atoms with Crippen LogP contribution >= 0.6 is 0 Å². The van der Waals surface area contributed by atoms with Crippen LogP contribution in [-0.2, 0) is 11.2 Å². The summed E-state index contributed by atoms with van der Waals surface area (Å²) in [5, 5.41) is 9.20. The molecule has 1 heterocycles. The van der Waals surface area contributed by atoms with Crippen LogP contribution in [0.4, 0.5) is 5.95 Å². The van der Waals surface area contributed by atoms with Crippen molar-refractivity contribution in [2.75, 3.05) is 5.32 Å². The third kappa shape index (κ3) is 3.16. The molecule has 0 fully saturated rings. The molecule has 5 nitrogen and oxygen atoms in total. The maximum absolute atomic E-state index is 11.7. The first kappa shape index (κ1) is 12.3. The van der Waals surface area contributed by atoms with Gasteiger partial charge in [0.15, 0.2) is 0 Å². The number of rotatable bonds is 4. The van der Waals surface area contributed by atoms with Gasteiger partial charge >= 0.3 is 0 Å². The van der Waals surface area contributed by atoms with Crippen LogP contribution in [0.1, 0.15) is 23.4 Å². The summed E-state index contributed by atoms with van der Waals surface area (Å²) < 4.78 is 0. The lowest BCUT2D eigenvalue weighted by atomic mass is 10.0. The summed E-state index contributed by atoms with van der Waals surface area (Å²) in [5.41, 5.74) is 2.40. The van der Waals surface area contributed by atoms with E-state index in [1.165, 1.54) is 11.1 Å². The lowest BCUT2D eigenvalue weighted by Crippen LogP contribution is -2.13. The molecule has 0 radical (unpaired) electrons. The fraction of sp³-hybridized carbons (Fsp3) is 0.308. The summed E-state index contributed by atoms with van der Waals surface area (Å²) in [5.74, 6) is 0.948. The van der Waals surface area contributed by atoms with Crippen LogP contribution in [0.3, 0.4) is 0 Å². The Morgan fingerprint density at radius 1 is 1.33 bits per heavy atom. The number of aryl methyl sites for hydroxylation is 3. The normalized spacial score (nSPS) is 10.3. The van der Waals surface area contributed by atoms with E-state index in [1.807, 2.05) is 31.2 Å². The molecule has 1 aromatic carbocycles. The number of aromatic nitrogens is 3. The molecule has 0 bridgehead atoms. The van der Waals surface area contributed by atoms with Crippen LogP contribution in [-0.4, -0.2) is 21.1 Å². The summed E-state index contributed by atoms with van der Waals surface area (Å²) >= 11 is 0. The van der Waals surface area contributed by atoms with Crippen LogP contribution in [0.2, 0.25) is 0 Å². The zero-order chi connectivity index (χ0) is 13.0. The second-order valence-electron chi connectivity index (χ2n) is 4.22. The number of benzene rings is 1. The summed E-state index contributed by atoms with van der Waals surface area (Å²) in [6, 6.07) is 8.07. The number of hydrogen-bond acceptors (Lipinski definition) is 3. The second kappa shape index (κ2) is 5.44. The maximum atomic E-state index is 11.7. The molecule has 2 aromatic rings. The van der Waals surface area contributed by atoms with Crippen molar-refractivity contribution in [1.29, 1.82) is 0 Å². The van der Waals surface area contributed by atoms with E-state index >= 15 is 0 Å². The van der Waals surface area contributed by atoms with E-state index in [2.05, 4.69) is 20.5 Å². The van der Waals surface area contributed by atoms with Gasteiger partial charge in [-0.1, -0.05) is 24.3 Å². The zero-order valence-corrected chi connectivity index (χ0v) is 10.5. The molecule has 94 valence electrons. The van der Waals surface area contributed by atoms with Gasteiger partial charge in [0, 0.05) is 6.42 Å². The molecule has 0 saturated heterocycles. The lowest BCUT2D eigenvalue weighted by molar-refractivity contribution is -0.116. The second-order valence-corrected chi connectivity index (χ2v) is 4.22. The number of aromatic amines is 1. The lowest BCUT2D eigenvalue weighted by Gasteiger charge is -2.04. The van der Waals surface area contributed by atoms with Crippen LogP contribution < -0.4 is 5.32 Å². The molecule has 0 unspecified atom stereocenters. The highest BCUT2D eigenvalue weighted by Crippen LogP contribution is 2.10. The molecular weight excluding hydrogens is 228 g/mol. The minimum absolute atomic E-state index is 0.0720. The van der Waals surface area contributed by atoms with Crippen LogP contribution in [0, 0.1) is 13.8 Å².